The van der Waals surface area contributed by atoms with Crippen molar-refractivity contribution in [3.63, 3.8) is 0 Å². The first-order valence-corrected chi connectivity index (χ1v) is 19.4. The van der Waals surface area contributed by atoms with E-state index >= 15 is 0 Å². The second-order valence-corrected chi connectivity index (χ2v) is 17.0. The SMILES string of the molecule is CCN(CC)c1ccc2c(c1)Cc1c-2ccc(N(CC)CC)[c]1[Zr+2]([C]1=CC=CC1)=[C](c1ccccc1)c1ccccc1.[Cl-].[Cl-]. The number of benzene rings is 4. The number of allylic oxidation sites excluding steroid dienone is 4. The molecule has 4 aromatic rings. The molecule has 0 radical (unpaired) electrons. The molecule has 5 heteroatoms. The van der Waals surface area contributed by atoms with Crippen molar-refractivity contribution in [2.45, 2.75) is 40.5 Å². The molecule has 4 aromatic carbocycles. The molecule has 0 spiro atoms. The van der Waals surface area contributed by atoms with E-state index in [4.69, 9.17) is 0 Å². The minimum Gasteiger partial charge on any atom is -1.00 e. The van der Waals surface area contributed by atoms with E-state index in [2.05, 4.69) is 147 Å². The molecule has 0 heterocycles. The molecule has 226 valence electrons. The van der Waals surface area contributed by atoms with Crippen LogP contribution in [0.2, 0.25) is 0 Å². The summed E-state index contributed by atoms with van der Waals surface area (Å²) in [5.74, 6) is 0. The van der Waals surface area contributed by atoms with Crippen LogP contribution < -0.4 is 37.9 Å². The van der Waals surface area contributed by atoms with Crippen LogP contribution in [-0.2, 0) is 27.7 Å². The van der Waals surface area contributed by atoms with Gasteiger partial charge in [-0.2, -0.15) is 0 Å². The standard InChI is InChI=1S/C21H27N2.C13H10.C5H5.2ClH.Zr/c1-5-22(6-2)18-9-11-20-16(14-18)13-17-15-19(10-12-21(17)20)23(7-3)8-4;1-3-7-12(8-4-1)11-13-9-5-2-6-10-13;1-2-4-5-3-1;;;/h9-12,14H,5-8,13H2,1-4H3;1-10H;1-3H,4H2;2*1H;/q;;;;;+2/p-2. The maximum atomic E-state index is 2.61. The van der Waals surface area contributed by atoms with E-state index < -0.39 is 21.3 Å². The summed E-state index contributed by atoms with van der Waals surface area (Å²) in [6, 6.07) is 34.6. The van der Waals surface area contributed by atoms with E-state index in [0.29, 0.717) is 0 Å². The van der Waals surface area contributed by atoms with Gasteiger partial charge in [0.15, 0.2) is 0 Å². The Labute approximate surface area is 284 Å². The topological polar surface area (TPSA) is 6.48 Å². The summed E-state index contributed by atoms with van der Waals surface area (Å²) in [6.45, 7) is 13.2. The molecule has 0 unspecified atom stereocenters. The smallest absolute Gasteiger partial charge is 1.00 e. The summed E-state index contributed by atoms with van der Waals surface area (Å²) in [5, 5.41) is 0. The maximum absolute atomic E-state index is 2.74. The molecule has 0 N–H and O–H groups in total. The van der Waals surface area contributed by atoms with Gasteiger partial charge in [-0.05, 0) is 0 Å². The Hall–Kier alpha value is -2.71. The molecule has 2 nitrogen and oxygen atoms in total. The minimum absolute atomic E-state index is 0. The predicted octanol–water partition coefficient (Wildman–Crippen LogP) is 2.31. The Bertz CT molecular complexity index is 1630. The molecule has 0 amide bonds. The van der Waals surface area contributed by atoms with Crippen LogP contribution in [0, 0.1) is 0 Å². The molecular weight excluding hydrogens is 659 g/mol. The van der Waals surface area contributed by atoms with Crippen molar-refractivity contribution in [2.75, 3.05) is 36.0 Å². The zero-order valence-corrected chi connectivity index (χ0v) is 30.3. The average molecular weight is 701 g/mol. The molecular formula is C39H42Cl2N2Zr. The van der Waals surface area contributed by atoms with Crippen LogP contribution in [-0.4, -0.2) is 29.4 Å². The van der Waals surface area contributed by atoms with E-state index in [1.807, 2.05) is 0 Å². The molecule has 0 saturated carbocycles. The first kappa shape index (κ1) is 34.2. The summed E-state index contributed by atoms with van der Waals surface area (Å²) >= 11 is -2.74. The van der Waals surface area contributed by atoms with Crippen molar-refractivity contribution in [3.8, 4) is 11.1 Å². The van der Waals surface area contributed by atoms with Gasteiger partial charge in [0.05, 0.1) is 0 Å². The number of halogens is 2. The molecule has 0 saturated heterocycles. The van der Waals surface area contributed by atoms with Crippen LogP contribution in [0.25, 0.3) is 11.1 Å². The van der Waals surface area contributed by atoms with E-state index in [0.717, 1.165) is 39.0 Å². The van der Waals surface area contributed by atoms with Gasteiger partial charge in [-0.1, -0.05) is 0 Å². The zero-order chi connectivity index (χ0) is 29.1. The van der Waals surface area contributed by atoms with Crippen LogP contribution in [0.1, 0.15) is 56.4 Å². The van der Waals surface area contributed by atoms with Gasteiger partial charge in [-0.25, -0.2) is 0 Å². The number of rotatable bonds is 10. The Kier molecular flexibility index (Phi) is 12.1. The Morgan fingerprint density at radius 3 is 1.82 bits per heavy atom. The normalized spacial score (nSPS) is 12.2. The van der Waals surface area contributed by atoms with Crippen molar-refractivity contribution < 1.29 is 46.1 Å². The van der Waals surface area contributed by atoms with Gasteiger partial charge in [0.1, 0.15) is 0 Å². The van der Waals surface area contributed by atoms with Crippen LogP contribution in [0.15, 0.2) is 113 Å². The van der Waals surface area contributed by atoms with Crippen molar-refractivity contribution >= 4 is 17.9 Å². The Balaban J connectivity index is 0.00000221. The number of nitrogens with zero attached hydrogens (tertiary/aromatic N) is 2. The molecule has 6 rings (SSSR count). The third-order valence-electron chi connectivity index (χ3n) is 8.99. The van der Waals surface area contributed by atoms with Gasteiger partial charge in [0.25, 0.3) is 0 Å². The summed E-state index contributed by atoms with van der Waals surface area (Å²) < 4.78 is 4.94. The number of fused-ring (bicyclic) bond motifs is 3. The van der Waals surface area contributed by atoms with Crippen LogP contribution in [0.5, 0.6) is 0 Å². The maximum Gasteiger partial charge on any atom is -1.00 e. The van der Waals surface area contributed by atoms with Crippen molar-refractivity contribution in [3.05, 3.63) is 135 Å². The van der Waals surface area contributed by atoms with Gasteiger partial charge in [-0.15, -0.1) is 0 Å². The third-order valence-corrected chi connectivity index (χ3v) is 16.7. The number of hydrogen-bond acceptors (Lipinski definition) is 2. The molecule has 0 aromatic heterocycles. The molecule has 0 aliphatic heterocycles. The second kappa shape index (κ2) is 15.5. The average Bonchev–Trinajstić information content (AvgIpc) is 3.70. The van der Waals surface area contributed by atoms with Crippen molar-refractivity contribution in [1.29, 1.82) is 0 Å². The second-order valence-electron chi connectivity index (χ2n) is 11.2. The predicted molar refractivity (Wildman–Crippen MR) is 179 cm³/mol. The molecule has 0 atom stereocenters. The summed E-state index contributed by atoms with van der Waals surface area (Å²) in [5.41, 5.74) is 11.5. The Morgan fingerprint density at radius 1 is 0.682 bits per heavy atom. The van der Waals surface area contributed by atoms with Gasteiger partial charge < -0.3 is 24.8 Å². The van der Waals surface area contributed by atoms with E-state index in [-0.39, 0.29) is 24.8 Å². The molecule has 2 aliphatic carbocycles. The molecule has 0 bridgehead atoms. The molecule has 44 heavy (non-hydrogen) atoms. The summed E-state index contributed by atoms with van der Waals surface area (Å²) in [6.07, 6.45) is 9.22. The van der Waals surface area contributed by atoms with E-state index in [1.54, 1.807) is 15.3 Å². The summed E-state index contributed by atoms with van der Waals surface area (Å²) in [4.78, 5) is 5.08. The number of hydrogen-bond donors (Lipinski definition) is 0. The van der Waals surface area contributed by atoms with Crippen LogP contribution >= 0.6 is 0 Å². The molecule has 0 fully saturated rings. The fraction of sp³-hybridized carbons (Fsp3) is 0.256. The fourth-order valence-corrected chi connectivity index (χ4v) is 15.3. The van der Waals surface area contributed by atoms with Crippen molar-refractivity contribution in [1.82, 2.24) is 0 Å². The van der Waals surface area contributed by atoms with Crippen molar-refractivity contribution in [2.24, 2.45) is 0 Å². The number of anilines is 2. The monoisotopic (exact) mass is 698 g/mol. The van der Waals surface area contributed by atoms with Crippen LogP contribution in [0.4, 0.5) is 11.4 Å². The van der Waals surface area contributed by atoms with E-state index in [1.165, 1.54) is 39.2 Å². The first-order valence-electron chi connectivity index (χ1n) is 15.7. The largest absolute Gasteiger partial charge is 1.00 e. The summed E-state index contributed by atoms with van der Waals surface area (Å²) in [7, 11) is 0. The third kappa shape index (κ3) is 6.48. The van der Waals surface area contributed by atoms with Gasteiger partial charge in [0, 0.05) is 0 Å². The zero-order valence-electron chi connectivity index (χ0n) is 26.3. The fourth-order valence-electron chi connectivity index (χ4n) is 6.89. The van der Waals surface area contributed by atoms with Gasteiger partial charge >= 0.3 is 262 Å². The van der Waals surface area contributed by atoms with Gasteiger partial charge in [-0.3, -0.25) is 0 Å². The Morgan fingerprint density at radius 2 is 1.27 bits per heavy atom. The minimum atomic E-state index is -2.74. The first-order chi connectivity index (χ1) is 20.7. The van der Waals surface area contributed by atoms with E-state index in [9.17, 15) is 0 Å². The van der Waals surface area contributed by atoms with Gasteiger partial charge in [0.2, 0.25) is 0 Å². The van der Waals surface area contributed by atoms with Crippen LogP contribution in [0.3, 0.4) is 0 Å². The quantitative estimate of drug-likeness (QED) is 0.221. The molecule has 2 aliphatic rings.